The number of alkyl halides is 1. The van der Waals surface area contributed by atoms with Crippen molar-refractivity contribution >= 4 is 13.2 Å². The second-order valence-electron chi connectivity index (χ2n) is 8.15. The SMILES string of the molecule is CC(C)(C)OC(=O)N1CC=C(B2OC(C)(C)C(C)(C)O2)C(F)C1. The molecule has 0 aromatic carbocycles. The molecule has 0 bridgehead atoms. The van der Waals surface area contributed by atoms with Gasteiger partial charge in [-0.25, -0.2) is 9.18 Å². The van der Waals surface area contributed by atoms with Crippen LogP contribution in [0.1, 0.15) is 48.5 Å². The van der Waals surface area contributed by atoms with E-state index in [9.17, 15) is 9.18 Å². The van der Waals surface area contributed by atoms with Crippen LogP contribution in [-0.2, 0) is 14.0 Å². The Bertz CT molecular complexity index is 497. The van der Waals surface area contributed by atoms with Crippen molar-refractivity contribution < 1.29 is 23.2 Å². The lowest BCUT2D eigenvalue weighted by atomic mass is 9.74. The van der Waals surface area contributed by atoms with Gasteiger partial charge in [-0.05, 0) is 53.9 Å². The number of halogens is 1. The van der Waals surface area contributed by atoms with E-state index >= 15 is 0 Å². The summed E-state index contributed by atoms with van der Waals surface area (Å²) in [6.45, 7) is 13.3. The van der Waals surface area contributed by atoms with Crippen LogP contribution in [0.3, 0.4) is 0 Å². The molecule has 7 heteroatoms. The number of rotatable bonds is 1. The molecule has 2 aliphatic heterocycles. The highest BCUT2D eigenvalue weighted by Crippen LogP contribution is 2.39. The Labute approximate surface area is 138 Å². The normalized spacial score (nSPS) is 27.0. The van der Waals surface area contributed by atoms with Crippen molar-refractivity contribution in [1.29, 1.82) is 0 Å². The maximum atomic E-state index is 14.6. The standard InChI is InChI=1S/C16H27BFNO4/c1-14(2,3)21-13(20)19-9-8-11(12(18)10-19)17-22-15(4,5)16(6,7)23-17/h8,12H,9-10H2,1-7H3. The van der Waals surface area contributed by atoms with Crippen LogP contribution in [0, 0.1) is 0 Å². The van der Waals surface area contributed by atoms with Crippen molar-refractivity contribution in [2.75, 3.05) is 13.1 Å². The van der Waals surface area contributed by atoms with Gasteiger partial charge in [0.25, 0.3) is 0 Å². The summed E-state index contributed by atoms with van der Waals surface area (Å²) in [6.07, 6.45) is -0.171. The van der Waals surface area contributed by atoms with E-state index in [0.717, 1.165) is 0 Å². The van der Waals surface area contributed by atoms with E-state index in [1.165, 1.54) is 4.90 Å². The van der Waals surface area contributed by atoms with Crippen molar-refractivity contribution in [3.63, 3.8) is 0 Å². The highest BCUT2D eigenvalue weighted by atomic mass is 19.1. The molecule has 0 N–H and O–H groups in total. The maximum Gasteiger partial charge on any atom is 0.493 e. The quantitative estimate of drug-likeness (QED) is 0.694. The van der Waals surface area contributed by atoms with Crippen molar-refractivity contribution in [3.8, 4) is 0 Å². The molecule has 0 aromatic rings. The smallest absolute Gasteiger partial charge is 0.444 e. The van der Waals surface area contributed by atoms with Gasteiger partial charge < -0.3 is 18.9 Å². The highest BCUT2D eigenvalue weighted by molar-refractivity contribution is 6.55. The lowest BCUT2D eigenvalue weighted by Gasteiger charge is -2.32. The second-order valence-corrected chi connectivity index (χ2v) is 8.15. The molecule has 1 atom stereocenters. The van der Waals surface area contributed by atoms with Gasteiger partial charge in [-0.2, -0.15) is 0 Å². The molecule has 1 saturated heterocycles. The average molecular weight is 327 g/mol. The predicted octanol–water partition coefficient (Wildman–Crippen LogP) is 3.13. The molecule has 0 saturated carbocycles. The summed E-state index contributed by atoms with van der Waals surface area (Å²) >= 11 is 0. The third kappa shape index (κ3) is 3.88. The van der Waals surface area contributed by atoms with Gasteiger partial charge in [-0.1, -0.05) is 6.08 Å². The molecule has 0 radical (unpaired) electrons. The monoisotopic (exact) mass is 327 g/mol. The number of ether oxygens (including phenoxy) is 1. The summed E-state index contributed by atoms with van der Waals surface area (Å²) < 4.78 is 31.6. The van der Waals surface area contributed by atoms with Crippen LogP contribution in [0.4, 0.5) is 9.18 Å². The summed E-state index contributed by atoms with van der Waals surface area (Å²) in [4.78, 5) is 13.4. The minimum absolute atomic E-state index is 0.0508. The van der Waals surface area contributed by atoms with Gasteiger partial charge in [0.15, 0.2) is 0 Å². The van der Waals surface area contributed by atoms with E-state index in [-0.39, 0.29) is 13.1 Å². The zero-order valence-electron chi connectivity index (χ0n) is 15.1. The molecule has 2 aliphatic rings. The van der Waals surface area contributed by atoms with Crippen molar-refractivity contribution in [1.82, 2.24) is 4.90 Å². The van der Waals surface area contributed by atoms with Crippen LogP contribution in [0.2, 0.25) is 0 Å². The molecule has 1 fully saturated rings. The molecule has 2 rings (SSSR count). The minimum Gasteiger partial charge on any atom is -0.444 e. The summed E-state index contributed by atoms with van der Waals surface area (Å²) in [6, 6.07) is 0. The average Bonchev–Trinajstić information content (AvgIpc) is 2.55. The number of carbonyl (C=O) groups is 1. The van der Waals surface area contributed by atoms with E-state index in [1.54, 1.807) is 26.8 Å². The van der Waals surface area contributed by atoms with Gasteiger partial charge in [0.2, 0.25) is 0 Å². The third-order valence-electron chi connectivity index (χ3n) is 4.47. The lowest BCUT2D eigenvalue weighted by Crippen LogP contribution is -2.45. The van der Waals surface area contributed by atoms with Gasteiger partial charge in [-0.3, -0.25) is 0 Å². The molecule has 23 heavy (non-hydrogen) atoms. The first-order valence-corrected chi connectivity index (χ1v) is 8.00. The fourth-order valence-corrected chi connectivity index (χ4v) is 2.42. The van der Waals surface area contributed by atoms with Gasteiger partial charge >= 0.3 is 13.2 Å². The Morgan fingerprint density at radius 3 is 2.26 bits per heavy atom. The predicted molar refractivity (Wildman–Crippen MR) is 86.9 cm³/mol. The summed E-state index contributed by atoms with van der Waals surface area (Å²) in [5.41, 5.74) is -1.18. The number of amides is 1. The Hall–Kier alpha value is -1.08. The molecule has 2 heterocycles. The van der Waals surface area contributed by atoms with Gasteiger partial charge in [0.1, 0.15) is 11.8 Å². The van der Waals surface area contributed by atoms with E-state index in [1.807, 2.05) is 27.7 Å². The third-order valence-corrected chi connectivity index (χ3v) is 4.47. The first-order valence-electron chi connectivity index (χ1n) is 8.00. The second kappa shape index (κ2) is 5.78. The number of nitrogens with zero attached hydrogens (tertiary/aromatic N) is 1. The Balaban J connectivity index is 2.06. The largest absolute Gasteiger partial charge is 0.493 e. The van der Waals surface area contributed by atoms with Gasteiger partial charge in [-0.15, -0.1) is 0 Å². The van der Waals surface area contributed by atoms with E-state index in [4.69, 9.17) is 14.0 Å². The zero-order valence-corrected chi connectivity index (χ0v) is 15.1. The molecule has 0 aromatic heterocycles. The van der Waals surface area contributed by atoms with Crippen LogP contribution < -0.4 is 0 Å². The van der Waals surface area contributed by atoms with Crippen molar-refractivity contribution in [2.24, 2.45) is 0 Å². The van der Waals surface area contributed by atoms with Gasteiger partial charge in [0, 0.05) is 6.54 Å². The summed E-state index contributed by atoms with van der Waals surface area (Å²) in [5, 5.41) is 0. The number of carbonyl (C=O) groups excluding carboxylic acids is 1. The van der Waals surface area contributed by atoms with Crippen LogP contribution in [-0.4, -0.2) is 54.2 Å². The number of hydrogen-bond donors (Lipinski definition) is 0. The van der Waals surface area contributed by atoms with Crippen LogP contribution >= 0.6 is 0 Å². The van der Waals surface area contributed by atoms with E-state index in [0.29, 0.717) is 5.47 Å². The molecule has 1 amide bonds. The van der Waals surface area contributed by atoms with Crippen molar-refractivity contribution in [2.45, 2.75) is 71.4 Å². The van der Waals surface area contributed by atoms with E-state index < -0.39 is 36.2 Å². The summed E-state index contributed by atoms with van der Waals surface area (Å²) in [5.74, 6) is 0. The minimum atomic E-state index is -1.33. The molecular weight excluding hydrogens is 300 g/mol. The van der Waals surface area contributed by atoms with Gasteiger partial charge in [0.05, 0.1) is 17.7 Å². The molecular formula is C16H27BFNO4. The van der Waals surface area contributed by atoms with Crippen LogP contribution in [0.15, 0.2) is 11.5 Å². The molecule has 1 unspecified atom stereocenters. The molecule has 5 nitrogen and oxygen atoms in total. The topological polar surface area (TPSA) is 48.0 Å². The maximum absolute atomic E-state index is 14.6. The first-order chi connectivity index (χ1) is 10.3. The van der Waals surface area contributed by atoms with Crippen molar-refractivity contribution in [3.05, 3.63) is 11.5 Å². The highest BCUT2D eigenvalue weighted by Gasteiger charge is 2.54. The first kappa shape index (κ1) is 18.3. The van der Waals surface area contributed by atoms with E-state index in [2.05, 4.69) is 0 Å². The Morgan fingerprint density at radius 1 is 1.30 bits per heavy atom. The zero-order chi connectivity index (χ0) is 17.6. The van der Waals surface area contributed by atoms with Crippen LogP contribution in [0.5, 0.6) is 0 Å². The summed E-state index contributed by atoms with van der Waals surface area (Å²) in [7, 11) is -0.712. The Morgan fingerprint density at radius 2 is 1.83 bits per heavy atom. The fourth-order valence-electron chi connectivity index (χ4n) is 2.42. The number of hydrogen-bond acceptors (Lipinski definition) is 4. The lowest BCUT2D eigenvalue weighted by molar-refractivity contribution is 0.00578. The Kier molecular flexibility index (Phi) is 4.59. The molecule has 130 valence electrons. The molecule has 0 aliphatic carbocycles. The fraction of sp³-hybridized carbons (Fsp3) is 0.812. The van der Waals surface area contributed by atoms with Crippen LogP contribution in [0.25, 0.3) is 0 Å². The molecule has 0 spiro atoms.